The molecule has 0 aromatic rings. The third-order valence-corrected chi connectivity index (χ3v) is 4.51. The van der Waals surface area contributed by atoms with E-state index in [1.165, 1.54) is 0 Å². The van der Waals surface area contributed by atoms with Crippen LogP contribution in [0.1, 0.15) is 38.5 Å². The summed E-state index contributed by atoms with van der Waals surface area (Å²) in [4.78, 5) is 25.3. The third kappa shape index (κ3) is 1.48. The first-order valence-corrected chi connectivity index (χ1v) is 6.29. The van der Waals surface area contributed by atoms with E-state index in [9.17, 15) is 14.7 Å². The van der Waals surface area contributed by atoms with Gasteiger partial charge in [-0.2, -0.15) is 0 Å². The van der Waals surface area contributed by atoms with Gasteiger partial charge in [0.15, 0.2) is 0 Å². The van der Waals surface area contributed by atoms with Crippen molar-refractivity contribution in [3.63, 3.8) is 0 Å². The van der Waals surface area contributed by atoms with Crippen LogP contribution in [0.25, 0.3) is 0 Å². The molecule has 1 saturated carbocycles. The predicted octanol–water partition coefficient (Wildman–Crippen LogP) is 0.365. The highest BCUT2D eigenvalue weighted by Gasteiger charge is 2.61. The van der Waals surface area contributed by atoms with Gasteiger partial charge in [0.1, 0.15) is 5.41 Å². The molecule has 2 heterocycles. The Morgan fingerprint density at radius 1 is 1.12 bits per heavy atom. The van der Waals surface area contributed by atoms with Crippen LogP contribution < -0.4 is 0 Å². The Hall–Kier alpha value is -1.10. The molecule has 0 aromatic carbocycles. The monoisotopic (exact) mass is 239 g/mol. The second-order valence-corrected chi connectivity index (χ2v) is 5.61. The Labute approximate surface area is 99.4 Å². The highest BCUT2D eigenvalue weighted by Crippen LogP contribution is 2.50. The van der Waals surface area contributed by atoms with Crippen molar-refractivity contribution in [2.24, 2.45) is 5.41 Å². The molecule has 5 nitrogen and oxygen atoms in total. The number of rotatable bonds is 2. The summed E-state index contributed by atoms with van der Waals surface area (Å²) >= 11 is 0. The summed E-state index contributed by atoms with van der Waals surface area (Å²) in [6, 6.07) is 0.126. The number of carbonyl (C=O) groups excluding carboxylic acids is 1. The van der Waals surface area contributed by atoms with Crippen LogP contribution in [-0.4, -0.2) is 45.2 Å². The highest BCUT2D eigenvalue weighted by atomic mass is 16.4. The van der Waals surface area contributed by atoms with Gasteiger partial charge in [-0.25, -0.2) is 0 Å². The number of amides is 1. The molecule has 2 unspecified atom stereocenters. The average molecular weight is 239 g/mol. The number of aliphatic hydroxyl groups is 1. The van der Waals surface area contributed by atoms with Gasteiger partial charge in [0.25, 0.3) is 0 Å². The lowest BCUT2D eigenvalue weighted by atomic mass is 9.96. The zero-order valence-electron chi connectivity index (χ0n) is 9.63. The molecule has 2 atom stereocenters. The summed E-state index contributed by atoms with van der Waals surface area (Å²) < 4.78 is 0. The number of aliphatic hydroxyl groups excluding tert-OH is 1. The van der Waals surface area contributed by atoms with Crippen molar-refractivity contribution in [1.82, 2.24) is 4.90 Å². The van der Waals surface area contributed by atoms with Gasteiger partial charge in [-0.15, -0.1) is 0 Å². The first kappa shape index (κ1) is 11.0. The number of carbonyl (C=O) groups is 2. The molecule has 0 spiro atoms. The number of piperidine rings is 1. The lowest BCUT2D eigenvalue weighted by Crippen LogP contribution is -2.52. The molecule has 1 amide bonds. The van der Waals surface area contributed by atoms with E-state index in [4.69, 9.17) is 5.11 Å². The smallest absolute Gasteiger partial charge is 0.319 e. The van der Waals surface area contributed by atoms with Crippen LogP contribution in [0.5, 0.6) is 0 Å². The summed E-state index contributed by atoms with van der Waals surface area (Å²) in [5, 5.41) is 18.8. The summed E-state index contributed by atoms with van der Waals surface area (Å²) in [5.41, 5.74) is -1.12. The van der Waals surface area contributed by atoms with Gasteiger partial charge in [-0.1, -0.05) is 0 Å². The molecule has 17 heavy (non-hydrogen) atoms. The minimum Gasteiger partial charge on any atom is -0.480 e. The van der Waals surface area contributed by atoms with E-state index in [0.717, 1.165) is 12.8 Å². The number of aliphatic carboxylic acids is 1. The predicted molar refractivity (Wildman–Crippen MR) is 58.2 cm³/mol. The zero-order valence-corrected chi connectivity index (χ0v) is 9.63. The van der Waals surface area contributed by atoms with Crippen LogP contribution in [0.4, 0.5) is 0 Å². The van der Waals surface area contributed by atoms with E-state index < -0.39 is 11.4 Å². The molecule has 1 aliphatic carbocycles. The minimum absolute atomic E-state index is 0.0630. The van der Waals surface area contributed by atoms with Crippen LogP contribution in [0, 0.1) is 5.41 Å². The molecule has 0 radical (unpaired) electrons. The van der Waals surface area contributed by atoms with Gasteiger partial charge >= 0.3 is 5.97 Å². The summed E-state index contributed by atoms with van der Waals surface area (Å²) in [7, 11) is 0. The number of fused-ring (bicyclic) bond motifs is 2. The van der Waals surface area contributed by atoms with E-state index in [2.05, 4.69) is 0 Å². The molecule has 2 N–H and O–H groups in total. The first-order valence-electron chi connectivity index (χ1n) is 6.29. The number of nitrogens with zero attached hydrogens (tertiary/aromatic N) is 1. The molecule has 94 valence electrons. The second-order valence-electron chi connectivity index (χ2n) is 5.61. The van der Waals surface area contributed by atoms with E-state index in [1.807, 2.05) is 0 Å². The number of carboxylic acid groups (broad SMARTS) is 1. The molecule has 2 aliphatic heterocycles. The van der Waals surface area contributed by atoms with E-state index in [1.54, 1.807) is 4.90 Å². The standard InChI is InChI=1S/C12H17NO4/c14-9-5-7-1-2-8(6-9)13(7)10(15)12(3-4-12)11(16)17/h7-9,14H,1-6H2,(H,16,17). The fraction of sp³-hybridized carbons (Fsp3) is 0.833. The second kappa shape index (κ2) is 3.45. The Morgan fingerprint density at radius 2 is 1.65 bits per heavy atom. The van der Waals surface area contributed by atoms with E-state index in [0.29, 0.717) is 25.7 Å². The molecule has 2 saturated heterocycles. The molecule has 0 aromatic heterocycles. The summed E-state index contributed by atoms with van der Waals surface area (Å²) in [6.45, 7) is 0. The molecule has 3 rings (SSSR count). The maximum absolute atomic E-state index is 12.4. The van der Waals surface area contributed by atoms with Crippen molar-refractivity contribution in [1.29, 1.82) is 0 Å². The van der Waals surface area contributed by atoms with Gasteiger partial charge in [0, 0.05) is 12.1 Å². The van der Waals surface area contributed by atoms with Crippen LogP contribution >= 0.6 is 0 Å². The fourth-order valence-electron chi connectivity index (χ4n) is 3.37. The molecule has 5 heteroatoms. The third-order valence-electron chi connectivity index (χ3n) is 4.51. The molecule has 2 bridgehead atoms. The normalized spacial score (nSPS) is 37.9. The van der Waals surface area contributed by atoms with Crippen molar-refractivity contribution in [3.8, 4) is 0 Å². The topological polar surface area (TPSA) is 77.8 Å². The maximum atomic E-state index is 12.4. The molecule has 3 fully saturated rings. The Bertz CT molecular complexity index is 363. The van der Waals surface area contributed by atoms with Crippen molar-refractivity contribution in [3.05, 3.63) is 0 Å². The molecular weight excluding hydrogens is 222 g/mol. The van der Waals surface area contributed by atoms with E-state index in [-0.39, 0.29) is 24.1 Å². The van der Waals surface area contributed by atoms with Gasteiger partial charge in [-0.05, 0) is 38.5 Å². The van der Waals surface area contributed by atoms with Crippen molar-refractivity contribution < 1.29 is 19.8 Å². The van der Waals surface area contributed by atoms with Crippen LogP contribution in [0.3, 0.4) is 0 Å². The Morgan fingerprint density at radius 3 is 2.06 bits per heavy atom. The highest BCUT2D eigenvalue weighted by molar-refractivity contribution is 6.05. The van der Waals surface area contributed by atoms with Gasteiger partial charge in [0.05, 0.1) is 6.10 Å². The first-order chi connectivity index (χ1) is 8.04. The van der Waals surface area contributed by atoms with Crippen molar-refractivity contribution in [2.45, 2.75) is 56.7 Å². The lowest BCUT2D eigenvalue weighted by Gasteiger charge is -2.38. The quantitative estimate of drug-likeness (QED) is 0.682. The van der Waals surface area contributed by atoms with Gasteiger partial charge < -0.3 is 15.1 Å². The molecular formula is C12H17NO4. The van der Waals surface area contributed by atoms with Crippen LogP contribution in [0.15, 0.2) is 0 Å². The Balaban J connectivity index is 1.82. The van der Waals surface area contributed by atoms with Gasteiger partial charge in [0.2, 0.25) is 5.91 Å². The number of hydrogen-bond donors (Lipinski definition) is 2. The molecule has 3 aliphatic rings. The maximum Gasteiger partial charge on any atom is 0.319 e. The van der Waals surface area contributed by atoms with Crippen molar-refractivity contribution in [2.75, 3.05) is 0 Å². The van der Waals surface area contributed by atoms with Crippen LogP contribution in [-0.2, 0) is 9.59 Å². The zero-order chi connectivity index (χ0) is 12.2. The Kier molecular flexibility index (Phi) is 2.23. The number of carboxylic acids is 1. The van der Waals surface area contributed by atoms with Gasteiger partial charge in [-0.3, -0.25) is 9.59 Å². The fourth-order valence-corrected chi connectivity index (χ4v) is 3.37. The van der Waals surface area contributed by atoms with E-state index >= 15 is 0 Å². The average Bonchev–Trinajstić information content (AvgIpc) is 3.01. The summed E-state index contributed by atoms with van der Waals surface area (Å²) in [5.74, 6) is -1.18. The van der Waals surface area contributed by atoms with Crippen molar-refractivity contribution >= 4 is 11.9 Å². The lowest BCUT2D eigenvalue weighted by molar-refractivity contribution is -0.156. The SMILES string of the molecule is O=C(O)C1(C(=O)N2C3CCC2CC(O)C3)CC1. The largest absolute Gasteiger partial charge is 0.480 e. The minimum atomic E-state index is -1.12. The summed E-state index contributed by atoms with van der Waals surface area (Å²) in [6.07, 6.45) is 3.65. The van der Waals surface area contributed by atoms with Crippen LogP contribution in [0.2, 0.25) is 0 Å². The number of hydrogen-bond acceptors (Lipinski definition) is 3.